The number of piperazine rings is 1. The second-order valence-corrected chi connectivity index (χ2v) is 6.05. The maximum Gasteiger partial charge on any atom is 0.410 e. The van der Waals surface area contributed by atoms with Gasteiger partial charge in [-0.15, -0.1) is 0 Å². The van der Waals surface area contributed by atoms with Crippen LogP contribution in [0.5, 0.6) is 0 Å². The molecule has 116 valence electrons. The van der Waals surface area contributed by atoms with Crippen molar-refractivity contribution in [3.05, 3.63) is 18.0 Å². The van der Waals surface area contributed by atoms with Gasteiger partial charge in [0.15, 0.2) is 0 Å². The molecule has 0 radical (unpaired) electrons. The number of nitrogens with zero attached hydrogens (tertiary/aromatic N) is 4. The fourth-order valence-corrected chi connectivity index (χ4v) is 2.03. The van der Waals surface area contributed by atoms with Crippen molar-refractivity contribution < 1.29 is 9.53 Å². The van der Waals surface area contributed by atoms with Crippen molar-refractivity contribution in [3.8, 4) is 0 Å². The van der Waals surface area contributed by atoms with Crippen LogP contribution in [0.2, 0.25) is 0 Å². The van der Waals surface area contributed by atoms with Gasteiger partial charge in [0.1, 0.15) is 5.60 Å². The lowest BCUT2D eigenvalue weighted by Gasteiger charge is -2.35. The zero-order chi connectivity index (χ0) is 15.5. The molecule has 0 spiro atoms. The van der Waals surface area contributed by atoms with Gasteiger partial charge in [-0.1, -0.05) is 0 Å². The van der Waals surface area contributed by atoms with E-state index in [1.165, 1.54) is 0 Å². The van der Waals surface area contributed by atoms with Crippen molar-refractivity contribution in [2.45, 2.75) is 32.9 Å². The zero-order valence-corrected chi connectivity index (χ0v) is 12.9. The molecule has 1 amide bonds. The van der Waals surface area contributed by atoms with E-state index in [-0.39, 0.29) is 6.09 Å². The van der Waals surface area contributed by atoms with E-state index in [9.17, 15) is 4.79 Å². The minimum absolute atomic E-state index is 0.262. The van der Waals surface area contributed by atoms with Crippen LogP contribution in [0.4, 0.5) is 10.7 Å². The molecule has 1 fully saturated rings. The van der Waals surface area contributed by atoms with Gasteiger partial charge in [-0.05, 0) is 20.8 Å². The zero-order valence-electron chi connectivity index (χ0n) is 12.9. The third kappa shape index (κ3) is 4.29. The first kappa shape index (κ1) is 15.5. The van der Waals surface area contributed by atoms with Crippen LogP contribution in [0.15, 0.2) is 12.4 Å². The Balaban J connectivity index is 1.89. The first-order chi connectivity index (χ1) is 9.89. The summed E-state index contributed by atoms with van der Waals surface area (Å²) in [6.45, 7) is 8.65. The van der Waals surface area contributed by atoms with Crippen LogP contribution in [0.25, 0.3) is 0 Å². The number of nitrogens with two attached hydrogens (primary N) is 1. The lowest BCUT2D eigenvalue weighted by molar-refractivity contribution is 0.0240. The average molecular weight is 293 g/mol. The molecular weight excluding hydrogens is 270 g/mol. The van der Waals surface area contributed by atoms with Crippen molar-refractivity contribution in [3.63, 3.8) is 0 Å². The highest BCUT2D eigenvalue weighted by atomic mass is 16.6. The van der Waals surface area contributed by atoms with E-state index in [0.717, 1.165) is 5.56 Å². The summed E-state index contributed by atoms with van der Waals surface area (Å²) in [5.74, 6) is 0.677. The lowest BCUT2D eigenvalue weighted by Crippen LogP contribution is -2.50. The predicted octanol–water partition coefficient (Wildman–Crippen LogP) is 0.992. The summed E-state index contributed by atoms with van der Waals surface area (Å²) < 4.78 is 5.37. The molecule has 2 rings (SSSR count). The molecule has 0 unspecified atom stereocenters. The Labute approximate surface area is 125 Å². The normalized spacial score (nSPS) is 16.0. The quantitative estimate of drug-likeness (QED) is 0.875. The van der Waals surface area contributed by atoms with E-state index in [0.29, 0.717) is 38.7 Å². The molecule has 2 heterocycles. The number of amides is 1. The molecule has 1 saturated heterocycles. The van der Waals surface area contributed by atoms with Crippen molar-refractivity contribution in [2.75, 3.05) is 31.1 Å². The molecule has 1 aliphatic rings. The van der Waals surface area contributed by atoms with Gasteiger partial charge < -0.3 is 20.3 Å². The highest BCUT2D eigenvalue weighted by Crippen LogP contribution is 2.14. The molecular formula is C14H23N5O2. The summed E-state index contributed by atoms with van der Waals surface area (Å²) in [5, 5.41) is 0. The molecule has 0 aliphatic carbocycles. The van der Waals surface area contributed by atoms with Crippen LogP contribution in [-0.4, -0.2) is 52.7 Å². The number of anilines is 1. The Bertz CT molecular complexity index is 475. The van der Waals surface area contributed by atoms with Crippen LogP contribution in [0, 0.1) is 0 Å². The van der Waals surface area contributed by atoms with E-state index in [4.69, 9.17) is 10.5 Å². The van der Waals surface area contributed by atoms with Crippen LogP contribution < -0.4 is 10.6 Å². The molecule has 0 bridgehead atoms. The van der Waals surface area contributed by atoms with Gasteiger partial charge in [-0.25, -0.2) is 14.8 Å². The molecule has 1 aromatic heterocycles. The number of ether oxygens (including phenoxy) is 1. The Morgan fingerprint density at radius 1 is 1.24 bits per heavy atom. The second kappa shape index (κ2) is 6.26. The van der Waals surface area contributed by atoms with Gasteiger partial charge in [-0.3, -0.25) is 0 Å². The summed E-state index contributed by atoms with van der Waals surface area (Å²) in [7, 11) is 0. The minimum Gasteiger partial charge on any atom is -0.444 e. The molecule has 0 atom stereocenters. The Kier molecular flexibility index (Phi) is 4.62. The van der Waals surface area contributed by atoms with E-state index >= 15 is 0 Å². The number of aromatic nitrogens is 2. The van der Waals surface area contributed by atoms with Crippen molar-refractivity contribution in [2.24, 2.45) is 5.73 Å². The van der Waals surface area contributed by atoms with Crippen LogP contribution in [0.1, 0.15) is 26.3 Å². The van der Waals surface area contributed by atoms with E-state index < -0.39 is 5.60 Å². The number of carbonyl (C=O) groups excluding carboxylic acids is 1. The monoisotopic (exact) mass is 293 g/mol. The molecule has 0 aromatic carbocycles. The van der Waals surface area contributed by atoms with Gasteiger partial charge in [0.2, 0.25) is 5.95 Å². The molecule has 0 saturated carbocycles. The second-order valence-electron chi connectivity index (χ2n) is 6.05. The highest BCUT2D eigenvalue weighted by molar-refractivity contribution is 5.68. The number of hydrogen-bond acceptors (Lipinski definition) is 6. The van der Waals surface area contributed by atoms with Crippen molar-refractivity contribution >= 4 is 12.0 Å². The smallest absolute Gasteiger partial charge is 0.410 e. The standard InChI is InChI=1S/C14H23N5O2/c1-14(2,3)21-13(20)19-6-4-18(5-7-19)12-16-9-11(8-15)10-17-12/h9-10H,4-8,15H2,1-3H3. The van der Waals surface area contributed by atoms with Crippen LogP contribution in [-0.2, 0) is 11.3 Å². The molecule has 7 nitrogen and oxygen atoms in total. The van der Waals surface area contributed by atoms with Crippen LogP contribution >= 0.6 is 0 Å². The first-order valence-electron chi connectivity index (χ1n) is 7.13. The SMILES string of the molecule is CC(C)(C)OC(=O)N1CCN(c2ncc(CN)cn2)CC1. The van der Waals surface area contributed by atoms with Gasteiger partial charge >= 0.3 is 6.09 Å². The highest BCUT2D eigenvalue weighted by Gasteiger charge is 2.26. The largest absolute Gasteiger partial charge is 0.444 e. The number of hydrogen-bond donors (Lipinski definition) is 1. The van der Waals surface area contributed by atoms with Gasteiger partial charge in [-0.2, -0.15) is 0 Å². The molecule has 21 heavy (non-hydrogen) atoms. The van der Waals surface area contributed by atoms with E-state index in [2.05, 4.69) is 14.9 Å². The summed E-state index contributed by atoms with van der Waals surface area (Å²) >= 11 is 0. The third-order valence-electron chi connectivity index (χ3n) is 3.14. The summed E-state index contributed by atoms with van der Waals surface area (Å²) in [6, 6.07) is 0. The van der Waals surface area contributed by atoms with Gasteiger partial charge in [0.05, 0.1) is 0 Å². The Hall–Kier alpha value is -1.89. The maximum atomic E-state index is 12.0. The summed E-state index contributed by atoms with van der Waals surface area (Å²) in [5.41, 5.74) is 5.97. The minimum atomic E-state index is -0.463. The molecule has 1 aliphatic heterocycles. The fourth-order valence-electron chi connectivity index (χ4n) is 2.03. The van der Waals surface area contributed by atoms with E-state index in [1.807, 2.05) is 20.8 Å². The number of carbonyl (C=O) groups is 1. The molecule has 1 aromatic rings. The van der Waals surface area contributed by atoms with Crippen LogP contribution in [0.3, 0.4) is 0 Å². The van der Waals surface area contributed by atoms with Crippen molar-refractivity contribution in [1.29, 1.82) is 0 Å². The topological polar surface area (TPSA) is 84.6 Å². The first-order valence-corrected chi connectivity index (χ1v) is 7.13. The predicted molar refractivity (Wildman–Crippen MR) is 79.9 cm³/mol. The average Bonchev–Trinajstić information content (AvgIpc) is 2.46. The van der Waals surface area contributed by atoms with Gasteiger partial charge in [0, 0.05) is 50.7 Å². The number of rotatable bonds is 2. The third-order valence-corrected chi connectivity index (χ3v) is 3.14. The Morgan fingerprint density at radius 2 is 1.81 bits per heavy atom. The molecule has 7 heteroatoms. The summed E-state index contributed by atoms with van der Waals surface area (Å²) in [4.78, 5) is 24.4. The lowest BCUT2D eigenvalue weighted by atomic mass is 10.2. The maximum absolute atomic E-state index is 12.0. The molecule has 2 N–H and O–H groups in total. The van der Waals surface area contributed by atoms with E-state index in [1.54, 1.807) is 17.3 Å². The fraction of sp³-hybridized carbons (Fsp3) is 0.643. The van der Waals surface area contributed by atoms with Crippen molar-refractivity contribution in [1.82, 2.24) is 14.9 Å². The Morgan fingerprint density at radius 3 is 2.29 bits per heavy atom. The van der Waals surface area contributed by atoms with Gasteiger partial charge in [0.25, 0.3) is 0 Å². The summed E-state index contributed by atoms with van der Waals surface area (Å²) in [6.07, 6.45) is 3.21.